The highest BCUT2D eigenvalue weighted by Gasteiger charge is 2.60. The second-order valence-corrected chi connectivity index (χ2v) is 12.8. The van der Waals surface area contributed by atoms with Crippen LogP contribution < -0.4 is 0 Å². The standard InChI is InChI=1S/C27H43NO3/c1-14-10-22(30)25-15(2)18-6-7-19-20-5-4-16-11-17(29)8-9-27(16,3)24(20)26(31)23(19)21(18)13-28(25)12-14/h14-19,21-23,25-26,29-31H,4-13H2,1-3H3. The molecule has 0 radical (unpaired) electrons. The molecule has 2 heterocycles. The van der Waals surface area contributed by atoms with Gasteiger partial charge in [0.1, 0.15) is 0 Å². The van der Waals surface area contributed by atoms with E-state index in [1.54, 1.807) is 5.57 Å². The van der Waals surface area contributed by atoms with E-state index < -0.39 is 0 Å². The Morgan fingerprint density at radius 2 is 1.74 bits per heavy atom. The molecular formula is C27H43NO3. The molecule has 2 aliphatic heterocycles. The van der Waals surface area contributed by atoms with Gasteiger partial charge in [-0.25, -0.2) is 0 Å². The van der Waals surface area contributed by atoms with Crippen molar-refractivity contribution in [3.63, 3.8) is 0 Å². The fourth-order valence-electron chi connectivity index (χ4n) is 10.0. The number of aliphatic hydroxyl groups excluding tert-OH is 3. The molecule has 3 N–H and O–H groups in total. The van der Waals surface area contributed by atoms with Crippen LogP contribution in [-0.2, 0) is 0 Å². The van der Waals surface area contributed by atoms with Crippen LogP contribution in [0.2, 0.25) is 0 Å². The zero-order valence-corrected chi connectivity index (χ0v) is 19.7. The smallest absolute Gasteiger partial charge is 0.0795 e. The first kappa shape index (κ1) is 21.1. The van der Waals surface area contributed by atoms with Crippen LogP contribution in [-0.4, -0.2) is 57.7 Å². The lowest BCUT2D eigenvalue weighted by Crippen LogP contribution is -2.63. The van der Waals surface area contributed by atoms with Crippen molar-refractivity contribution in [2.45, 2.75) is 96.5 Å². The van der Waals surface area contributed by atoms with Crippen molar-refractivity contribution in [3.8, 4) is 0 Å². The summed E-state index contributed by atoms with van der Waals surface area (Å²) in [5.41, 5.74) is 3.15. The second kappa shape index (κ2) is 7.29. The SMILES string of the molecule is CC1CC(O)C2C(C)C3CCC4C5=C(C(O)C4C3CN2C1)C1(C)CCC(O)CC1CC5. The zero-order chi connectivity index (χ0) is 21.7. The summed E-state index contributed by atoms with van der Waals surface area (Å²) in [4.78, 5) is 2.61. The van der Waals surface area contributed by atoms with E-state index in [2.05, 4.69) is 25.7 Å². The number of piperidine rings is 2. The molecule has 12 unspecified atom stereocenters. The van der Waals surface area contributed by atoms with E-state index in [9.17, 15) is 15.3 Å². The molecule has 2 saturated carbocycles. The van der Waals surface area contributed by atoms with E-state index >= 15 is 0 Å². The summed E-state index contributed by atoms with van der Waals surface area (Å²) < 4.78 is 0. The van der Waals surface area contributed by atoms with E-state index in [4.69, 9.17) is 0 Å². The van der Waals surface area contributed by atoms with Crippen LogP contribution >= 0.6 is 0 Å². The summed E-state index contributed by atoms with van der Waals surface area (Å²) in [5.74, 6) is 3.75. The van der Waals surface area contributed by atoms with Crippen molar-refractivity contribution >= 4 is 0 Å². The Hall–Kier alpha value is -0.420. The molecule has 0 aromatic rings. The Kier molecular flexibility index (Phi) is 4.97. The highest BCUT2D eigenvalue weighted by molar-refractivity contribution is 5.39. The quantitative estimate of drug-likeness (QED) is 0.515. The third-order valence-electron chi connectivity index (χ3n) is 11.3. The third-order valence-corrected chi connectivity index (χ3v) is 11.3. The number of fused-ring (bicyclic) bond motifs is 7. The summed E-state index contributed by atoms with van der Waals surface area (Å²) in [6, 6.07) is 0.317. The maximum absolute atomic E-state index is 11.9. The van der Waals surface area contributed by atoms with Crippen LogP contribution in [0.15, 0.2) is 11.1 Å². The molecule has 0 amide bonds. The lowest BCUT2D eigenvalue weighted by atomic mass is 9.57. The molecule has 0 spiro atoms. The van der Waals surface area contributed by atoms with Gasteiger partial charge >= 0.3 is 0 Å². The molecule has 174 valence electrons. The molecule has 4 heteroatoms. The fraction of sp³-hybridized carbons (Fsp3) is 0.926. The number of nitrogens with zero attached hydrogens (tertiary/aromatic N) is 1. The minimum atomic E-state index is -0.285. The van der Waals surface area contributed by atoms with Crippen LogP contribution in [0, 0.1) is 46.8 Å². The number of allylic oxidation sites excluding steroid dienone is 1. The maximum atomic E-state index is 11.9. The first-order valence-corrected chi connectivity index (χ1v) is 13.3. The minimum absolute atomic E-state index is 0.0950. The van der Waals surface area contributed by atoms with Crippen molar-refractivity contribution in [1.82, 2.24) is 4.90 Å². The molecule has 6 rings (SSSR count). The summed E-state index contributed by atoms with van der Waals surface area (Å²) in [6.45, 7) is 9.26. The van der Waals surface area contributed by atoms with Crippen LogP contribution in [0.4, 0.5) is 0 Å². The predicted octanol–water partition coefficient (Wildman–Crippen LogP) is 3.60. The molecule has 2 saturated heterocycles. The molecular weight excluding hydrogens is 386 g/mol. The van der Waals surface area contributed by atoms with Gasteiger partial charge in [0.15, 0.2) is 0 Å². The maximum Gasteiger partial charge on any atom is 0.0795 e. The van der Waals surface area contributed by atoms with Crippen molar-refractivity contribution in [1.29, 1.82) is 0 Å². The average Bonchev–Trinajstić information content (AvgIpc) is 3.01. The third kappa shape index (κ3) is 2.93. The Morgan fingerprint density at radius 3 is 2.55 bits per heavy atom. The first-order chi connectivity index (χ1) is 14.8. The summed E-state index contributed by atoms with van der Waals surface area (Å²) in [5, 5.41) is 33.1. The van der Waals surface area contributed by atoms with Gasteiger partial charge in [0.2, 0.25) is 0 Å². The second-order valence-electron chi connectivity index (χ2n) is 12.8. The molecule has 31 heavy (non-hydrogen) atoms. The van der Waals surface area contributed by atoms with E-state index in [0.717, 1.165) is 45.2 Å². The number of hydrogen-bond acceptors (Lipinski definition) is 4. The van der Waals surface area contributed by atoms with Crippen molar-refractivity contribution in [2.75, 3.05) is 13.1 Å². The predicted molar refractivity (Wildman–Crippen MR) is 121 cm³/mol. The zero-order valence-electron chi connectivity index (χ0n) is 19.7. The van der Waals surface area contributed by atoms with Crippen LogP contribution in [0.1, 0.15) is 72.1 Å². The van der Waals surface area contributed by atoms with Crippen molar-refractivity contribution in [3.05, 3.63) is 11.1 Å². The fourth-order valence-corrected chi connectivity index (χ4v) is 10.0. The molecule has 4 fully saturated rings. The summed E-state index contributed by atoms with van der Waals surface area (Å²) in [7, 11) is 0. The van der Waals surface area contributed by atoms with Crippen LogP contribution in [0.5, 0.6) is 0 Å². The Bertz CT molecular complexity index is 764. The lowest BCUT2D eigenvalue weighted by Gasteiger charge is -2.57. The summed E-state index contributed by atoms with van der Waals surface area (Å²) >= 11 is 0. The van der Waals surface area contributed by atoms with E-state index in [-0.39, 0.29) is 23.7 Å². The van der Waals surface area contributed by atoms with Gasteiger partial charge in [-0.2, -0.15) is 0 Å². The molecule has 12 atom stereocenters. The highest BCUT2D eigenvalue weighted by Crippen LogP contribution is 2.64. The van der Waals surface area contributed by atoms with E-state index in [0.29, 0.717) is 47.5 Å². The minimum Gasteiger partial charge on any atom is -0.393 e. The van der Waals surface area contributed by atoms with Gasteiger partial charge < -0.3 is 15.3 Å². The molecule has 4 aliphatic carbocycles. The van der Waals surface area contributed by atoms with E-state index in [1.807, 2.05) is 0 Å². The van der Waals surface area contributed by atoms with E-state index in [1.165, 1.54) is 24.8 Å². The molecule has 0 aromatic carbocycles. The topological polar surface area (TPSA) is 63.9 Å². The largest absolute Gasteiger partial charge is 0.393 e. The Balaban J connectivity index is 1.32. The number of rotatable bonds is 0. The van der Waals surface area contributed by atoms with Gasteiger partial charge in [-0.15, -0.1) is 0 Å². The molecule has 4 nitrogen and oxygen atoms in total. The number of hydrogen-bond donors (Lipinski definition) is 3. The van der Waals surface area contributed by atoms with Gasteiger partial charge in [0.25, 0.3) is 0 Å². The number of aliphatic hydroxyl groups is 3. The molecule has 0 bridgehead atoms. The Morgan fingerprint density at radius 1 is 0.935 bits per heavy atom. The Labute approximate surface area is 188 Å². The lowest BCUT2D eigenvalue weighted by molar-refractivity contribution is -0.126. The van der Waals surface area contributed by atoms with Crippen molar-refractivity contribution < 1.29 is 15.3 Å². The van der Waals surface area contributed by atoms with Gasteiger partial charge in [-0.05, 0) is 104 Å². The molecule has 0 aromatic heterocycles. The average molecular weight is 430 g/mol. The normalized spacial score (nSPS) is 56.9. The van der Waals surface area contributed by atoms with Gasteiger partial charge in [-0.3, -0.25) is 4.90 Å². The molecule has 6 aliphatic rings. The highest BCUT2D eigenvalue weighted by atomic mass is 16.3. The monoisotopic (exact) mass is 429 g/mol. The van der Waals surface area contributed by atoms with Gasteiger partial charge in [0, 0.05) is 19.1 Å². The van der Waals surface area contributed by atoms with Crippen LogP contribution in [0.3, 0.4) is 0 Å². The van der Waals surface area contributed by atoms with Gasteiger partial charge in [0.05, 0.1) is 18.3 Å². The van der Waals surface area contributed by atoms with Crippen LogP contribution in [0.25, 0.3) is 0 Å². The summed E-state index contributed by atoms with van der Waals surface area (Å²) in [6.07, 6.45) is 8.02. The van der Waals surface area contributed by atoms with Crippen molar-refractivity contribution in [2.24, 2.45) is 46.8 Å². The van der Waals surface area contributed by atoms with Gasteiger partial charge in [-0.1, -0.05) is 26.3 Å². The first-order valence-electron chi connectivity index (χ1n) is 13.3.